The summed E-state index contributed by atoms with van der Waals surface area (Å²) in [6.45, 7) is 9.72. The van der Waals surface area contributed by atoms with Crippen molar-refractivity contribution in [3.8, 4) is 12.1 Å². The van der Waals surface area contributed by atoms with Crippen molar-refractivity contribution in [2.24, 2.45) is 10.2 Å². The smallest absolute Gasteiger partial charge is 0.265 e. The van der Waals surface area contributed by atoms with Gasteiger partial charge in [0.25, 0.3) is 20.2 Å². The van der Waals surface area contributed by atoms with E-state index in [9.17, 15) is 27.4 Å². The van der Waals surface area contributed by atoms with Gasteiger partial charge in [0.05, 0.1) is 96.3 Å². The minimum absolute atomic E-state index is 0.277. The van der Waals surface area contributed by atoms with Crippen LogP contribution in [0.15, 0.2) is 89.1 Å². The largest absolute Gasteiger partial charge is 0.378 e. The Morgan fingerprint density at radius 1 is 0.686 bits per heavy atom. The van der Waals surface area contributed by atoms with E-state index >= 15 is 0 Å². The number of rotatable bonds is 34. The minimum Gasteiger partial charge on any atom is -0.378 e. The highest BCUT2D eigenvalue weighted by Crippen LogP contribution is 2.37. The fourth-order valence-corrected chi connectivity index (χ4v) is 9.12. The topological polar surface area (TPSA) is 234 Å². The lowest BCUT2D eigenvalue weighted by atomic mass is 10.1. The quantitative estimate of drug-likeness (QED) is 0.0200. The second-order valence-electron chi connectivity index (χ2n) is 17.4. The molecule has 2 atom stereocenters. The molecule has 0 bridgehead atoms. The molecule has 18 nitrogen and oxygen atoms in total. The van der Waals surface area contributed by atoms with Crippen LogP contribution in [0, 0.1) is 36.5 Å². The molecule has 0 amide bonds. The normalized spacial score (nSPS) is 13.1. The van der Waals surface area contributed by atoms with Crippen LogP contribution < -0.4 is 4.90 Å². The Balaban J connectivity index is 1.49. The second-order valence-corrected chi connectivity index (χ2v) is 21.5. The highest BCUT2D eigenvalue weighted by molar-refractivity contribution is 7.86. The van der Waals surface area contributed by atoms with Crippen molar-refractivity contribution in [1.82, 2.24) is 4.90 Å². The van der Waals surface area contributed by atoms with Crippen LogP contribution in [0.1, 0.15) is 57.7 Å². The van der Waals surface area contributed by atoms with Gasteiger partial charge in [-0.15, -0.1) is 21.6 Å². The lowest BCUT2D eigenvalue weighted by molar-refractivity contribution is -0.890. The zero-order valence-corrected chi connectivity index (χ0v) is 43.3. The maximum atomic E-state index is 11.2. The van der Waals surface area contributed by atoms with Gasteiger partial charge in [-0.25, -0.2) is 0 Å². The van der Waals surface area contributed by atoms with Gasteiger partial charge in [-0.2, -0.15) is 27.4 Å². The van der Waals surface area contributed by atoms with Crippen LogP contribution in [0.25, 0.3) is 0 Å². The summed E-state index contributed by atoms with van der Waals surface area (Å²) in [5, 5.41) is 28.6. The van der Waals surface area contributed by atoms with Crippen LogP contribution in [-0.4, -0.2) is 160 Å². The van der Waals surface area contributed by atoms with E-state index < -0.39 is 32.4 Å². The number of likely N-dealkylation sites (N-methyl/N-ethyl adjacent to an activating group) is 2. The van der Waals surface area contributed by atoms with E-state index in [4.69, 9.17) is 32.8 Å². The van der Waals surface area contributed by atoms with Gasteiger partial charge in [-0.3, -0.25) is 9.11 Å². The number of anilines is 1. The van der Waals surface area contributed by atoms with Gasteiger partial charge >= 0.3 is 0 Å². The fourth-order valence-electron chi connectivity index (χ4n) is 7.25. The molecule has 2 unspecified atom stereocenters. The van der Waals surface area contributed by atoms with Crippen LogP contribution in [0.5, 0.6) is 0 Å². The highest BCUT2D eigenvalue weighted by atomic mass is 32.2. The number of thiophene rings is 1. The van der Waals surface area contributed by atoms with Gasteiger partial charge in [-0.05, 0) is 74.3 Å². The number of nitriles is 2. The van der Waals surface area contributed by atoms with E-state index in [-0.39, 0.29) is 11.5 Å². The lowest BCUT2D eigenvalue weighted by Gasteiger charge is -2.33. The van der Waals surface area contributed by atoms with Crippen molar-refractivity contribution in [2.75, 3.05) is 130 Å². The Kier molecular flexibility index (Phi) is 24.4. The van der Waals surface area contributed by atoms with Crippen molar-refractivity contribution in [3.05, 3.63) is 112 Å². The van der Waals surface area contributed by atoms with Crippen LogP contribution in [-0.2, 0) is 43.9 Å². The molecule has 0 spiro atoms. The molecule has 70 heavy (non-hydrogen) atoms. The number of azo groups is 1. The minimum atomic E-state index is -4.01. The Bertz CT molecular complexity index is 2530. The summed E-state index contributed by atoms with van der Waals surface area (Å²) < 4.78 is 93.8. The van der Waals surface area contributed by atoms with Crippen LogP contribution in [0.3, 0.4) is 0 Å². The standard InChI is InChI=1S/C49H67N7O11S3/c1-39-34-43(18-19-45(39)52-53-49-44(35-50)40(2)48(36-51)68-49)55(37-46(41-14-8-6-9-15-41)66-30-28-64-25-23-56(4,5)22-13-33-70(60,61)62)38-47(42-16-10-7-11-17-42)67-31-29-65-27-26-63-24-21-54(3)20-12-32-69(57,58)59/h6-11,14-19,34,46-47H,12-13,20-33,37-38H2,1-5H3,(H-,57,58,59,60,61,62)/p+1. The van der Waals surface area contributed by atoms with E-state index in [1.807, 2.05) is 112 Å². The van der Waals surface area contributed by atoms with Crippen molar-refractivity contribution < 1.29 is 54.1 Å². The van der Waals surface area contributed by atoms with E-state index in [1.165, 1.54) is 0 Å². The number of benzene rings is 3. The molecular formula is C49H68N7O11S3+. The maximum absolute atomic E-state index is 11.2. The van der Waals surface area contributed by atoms with Gasteiger partial charge in [0.1, 0.15) is 35.8 Å². The predicted octanol–water partition coefficient (Wildman–Crippen LogP) is 7.46. The first-order valence-electron chi connectivity index (χ1n) is 23.1. The van der Waals surface area contributed by atoms with E-state index in [0.29, 0.717) is 136 Å². The van der Waals surface area contributed by atoms with E-state index in [0.717, 1.165) is 33.7 Å². The highest BCUT2D eigenvalue weighted by Gasteiger charge is 2.24. The molecule has 4 aromatic rings. The third-order valence-corrected chi connectivity index (χ3v) is 14.0. The summed E-state index contributed by atoms with van der Waals surface area (Å²) >= 11 is 1.13. The molecule has 0 saturated carbocycles. The Morgan fingerprint density at radius 3 is 1.77 bits per heavy atom. The summed E-state index contributed by atoms with van der Waals surface area (Å²) in [5.74, 6) is -0.556. The molecule has 0 aliphatic carbocycles. The Labute approximate surface area is 418 Å². The first-order valence-corrected chi connectivity index (χ1v) is 27.1. The number of hydrogen-bond donors (Lipinski definition) is 2. The summed E-state index contributed by atoms with van der Waals surface area (Å²) in [6.07, 6.45) is -0.115. The maximum Gasteiger partial charge on any atom is 0.265 e. The van der Waals surface area contributed by atoms with E-state index in [1.54, 1.807) is 6.92 Å². The predicted molar refractivity (Wildman–Crippen MR) is 270 cm³/mol. The lowest BCUT2D eigenvalue weighted by Crippen LogP contribution is -2.43. The molecule has 3 aromatic carbocycles. The zero-order chi connectivity index (χ0) is 51.0. The van der Waals surface area contributed by atoms with Gasteiger partial charge in [-0.1, -0.05) is 60.7 Å². The number of quaternary nitrogens is 1. The Morgan fingerprint density at radius 2 is 1.23 bits per heavy atom. The van der Waals surface area contributed by atoms with Gasteiger partial charge in [0, 0.05) is 31.7 Å². The molecule has 0 aliphatic heterocycles. The fraction of sp³-hybridized carbons (Fsp3) is 0.510. The van der Waals surface area contributed by atoms with E-state index in [2.05, 4.69) is 27.3 Å². The van der Waals surface area contributed by atoms with Crippen molar-refractivity contribution >= 4 is 47.9 Å². The summed E-state index contributed by atoms with van der Waals surface area (Å²) in [6, 6.07) is 30.1. The van der Waals surface area contributed by atoms with Crippen molar-refractivity contribution in [1.29, 1.82) is 10.5 Å². The summed E-state index contributed by atoms with van der Waals surface area (Å²) in [7, 11) is -2.14. The van der Waals surface area contributed by atoms with Crippen LogP contribution >= 0.6 is 11.3 Å². The zero-order valence-electron chi connectivity index (χ0n) is 40.8. The van der Waals surface area contributed by atoms with Crippen molar-refractivity contribution in [3.63, 3.8) is 0 Å². The Hall–Kier alpha value is -4.72. The molecule has 0 aliphatic rings. The number of nitrogens with zero attached hydrogens (tertiary/aromatic N) is 7. The number of aryl methyl sites for hydroxylation is 1. The number of hydrogen-bond acceptors (Lipinski definition) is 16. The van der Waals surface area contributed by atoms with Gasteiger partial charge in [0.2, 0.25) is 0 Å². The first kappa shape index (κ1) is 57.9. The number of ether oxygens (including phenoxy) is 5. The third-order valence-electron chi connectivity index (χ3n) is 11.3. The molecule has 1 aromatic heterocycles. The molecular weight excluding hydrogens is 959 g/mol. The van der Waals surface area contributed by atoms with Gasteiger partial charge in [0.15, 0.2) is 5.00 Å². The molecule has 1 heterocycles. The van der Waals surface area contributed by atoms with Crippen LogP contribution in [0.2, 0.25) is 0 Å². The molecule has 382 valence electrons. The monoisotopic (exact) mass is 1030 g/mol. The molecule has 0 radical (unpaired) electrons. The molecule has 0 fully saturated rings. The van der Waals surface area contributed by atoms with Crippen molar-refractivity contribution in [2.45, 2.75) is 38.9 Å². The SMILES string of the molecule is Cc1cc(N(CC(OCCOCCOCCN(C)CCCS(=O)(=O)O)c2ccccc2)CC(OCCOCC[N+](C)(C)CCCS(=O)(=O)O)c2ccccc2)ccc1N=Nc1sc(C#N)c(C)c1C#N. The van der Waals surface area contributed by atoms with Gasteiger partial charge < -0.3 is 38.0 Å². The average molecular weight is 1030 g/mol. The molecule has 0 saturated heterocycles. The summed E-state index contributed by atoms with van der Waals surface area (Å²) in [5.41, 5.74) is 5.18. The molecule has 2 N–H and O–H groups in total. The average Bonchev–Trinajstić information content (AvgIpc) is 3.63. The molecule has 21 heteroatoms. The third kappa shape index (κ3) is 21.7. The molecule has 4 rings (SSSR count). The summed E-state index contributed by atoms with van der Waals surface area (Å²) in [4.78, 5) is 4.59. The first-order chi connectivity index (χ1) is 33.4. The second kappa shape index (κ2) is 29.6. The van der Waals surface area contributed by atoms with Crippen LogP contribution in [0.4, 0.5) is 16.4 Å².